The number of imidazole rings is 1. The minimum absolute atomic E-state index is 0.00779. The summed E-state index contributed by atoms with van der Waals surface area (Å²) in [5, 5.41) is 0. The summed E-state index contributed by atoms with van der Waals surface area (Å²) >= 11 is 0. The van der Waals surface area contributed by atoms with Crippen LogP contribution in [0.3, 0.4) is 0 Å². The highest BCUT2D eigenvalue weighted by Crippen LogP contribution is 2.33. The molecule has 10 heteroatoms. The van der Waals surface area contributed by atoms with E-state index in [0.717, 1.165) is 22.9 Å². The summed E-state index contributed by atoms with van der Waals surface area (Å²) in [4.78, 5) is 46.3. The molecule has 38 heavy (non-hydrogen) atoms. The molecule has 2 heterocycles. The van der Waals surface area contributed by atoms with Crippen molar-refractivity contribution in [2.45, 2.75) is 25.8 Å². The van der Waals surface area contributed by atoms with E-state index in [2.05, 4.69) is 16.8 Å². The first-order valence-electron chi connectivity index (χ1n) is 11.9. The smallest absolute Gasteiger partial charge is 0.332 e. The van der Waals surface area contributed by atoms with Gasteiger partial charge in [0.15, 0.2) is 11.6 Å². The molecule has 1 atom stereocenters. The van der Waals surface area contributed by atoms with Crippen molar-refractivity contribution < 1.29 is 23.2 Å². The molecule has 0 N–H and O–H groups in total. The zero-order valence-electron chi connectivity index (χ0n) is 21.5. The first-order chi connectivity index (χ1) is 18.0. The predicted octanol–water partition coefficient (Wildman–Crippen LogP) is 3.66. The van der Waals surface area contributed by atoms with Gasteiger partial charge in [-0.1, -0.05) is 30.0 Å². The molecule has 3 amide bonds. The average molecular weight is 520 g/mol. The van der Waals surface area contributed by atoms with Crippen LogP contribution in [0.1, 0.15) is 30.3 Å². The summed E-state index contributed by atoms with van der Waals surface area (Å²) < 4.78 is 32.2. The third kappa shape index (κ3) is 5.13. The Morgan fingerprint density at radius 2 is 1.74 bits per heavy atom. The number of aldehydes is 1. The number of aryl methyl sites for hydroxylation is 2. The fourth-order valence-corrected chi connectivity index (χ4v) is 4.21. The number of hydrogen-bond acceptors (Lipinski definition) is 5. The van der Waals surface area contributed by atoms with E-state index in [1.807, 2.05) is 30.8 Å². The van der Waals surface area contributed by atoms with Gasteiger partial charge in [-0.2, -0.15) is 0 Å². The van der Waals surface area contributed by atoms with Crippen LogP contribution in [0.25, 0.3) is 0 Å². The van der Waals surface area contributed by atoms with Gasteiger partial charge in [0.05, 0.1) is 6.42 Å². The molecule has 1 fully saturated rings. The van der Waals surface area contributed by atoms with Crippen molar-refractivity contribution in [3.63, 3.8) is 0 Å². The minimum atomic E-state index is -1.47. The Bertz CT molecular complexity index is 1420. The van der Waals surface area contributed by atoms with E-state index in [-0.39, 0.29) is 18.7 Å². The molecule has 0 bridgehead atoms. The maximum absolute atomic E-state index is 15.2. The summed E-state index contributed by atoms with van der Waals surface area (Å²) in [6, 6.07) is 9.87. The molecule has 1 aromatic heterocycles. The number of rotatable bonds is 6. The fraction of sp³-hybridized carbons (Fsp3) is 0.286. The molecule has 1 aliphatic heterocycles. The highest BCUT2D eigenvalue weighted by molar-refractivity contribution is 6.18. The normalized spacial score (nSPS) is 17.3. The molecule has 4 rings (SSSR count). The lowest BCUT2D eigenvalue weighted by Gasteiger charge is -2.44. The number of likely N-dealkylation sites (N-methyl/N-ethyl adjacent to an activating group) is 1. The van der Waals surface area contributed by atoms with Gasteiger partial charge < -0.3 is 19.2 Å². The molecule has 0 radical (unpaired) electrons. The van der Waals surface area contributed by atoms with E-state index < -0.39 is 41.2 Å². The topological polar surface area (TPSA) is 78.8 Å². The molecular formula is C28H27F2N5O3. The van der Waals surface area contributed by atoms with Crippen molar-refractivity contribution in [3.05, 3.63) is 77.2 Å². The van der Waals surface area contributed by atoms with Gasteiger partial charge in [0.2, 0.25) is 5.91 Å². The van der Waals surface area contributed by atoms with Crippen molar-refractivity contribution in [1.29, 1.82) is 0 Å². The summed E-state index contributed by atoms with van der Waals surface area (Å²) in [7, 11) is 3.62. The zero-order valence-corrected chi connectivity index (χ0v) is 21.5. The van der Waals surface area contributed by atoms with Crippen LogP contribution in [-0.2, 0) is 16.6 Å². The first kappa shape index (κ1) is 26.5. The number of nitrogens with zero attached hydrogens (tertiary/aromatic N) is 5. The van der Waals surface area contributed by atoms with Gasteiger partial charge >= 0.3 is 6.03 Å². The van der Waals surface area contributed by atoms with E-state index in [1.54, 1.807) is 36.2 Å². The molecular weight excluding hydrogens is 492 g/mol. The number of aromatic nitrogens is 2. The number of carbonyl (C=O) groups is 3. The maximum atomic E-state index is 15.2. The summed E-state index contributed by atoms with van der Waals surface area (Å²) in [5.41, 5.74) is -1.56. The number of urea groups is 1. The molecule has 8 nitrogen and oxygen atoms in total. The molecule has 1 aliphatic rings. The Morgan fingerprint density at radius 1 is 1.11 bits per heavy atom. The average Bonchev–Trinajstić information content (AvgIpc) is 3.22. The van der Waals surface area contributed by atoms with Crippen molar-refractivity contribution in [3.8, 4) is 11.8 Å². The lowest BCUT2D eigenvalue weighted by Crippen LogP contribution is -2.65. The monoisotopic (exact) mass is 519 g/mol. The van der Waals surface area contributed by atoms with Gasteiger partial charge in [0.25, 0.3) is 0 Å². The molecule has 0 aliphatic carbocycles. The third-order valence-electron chi connectivity index (χ3n) is 6.56. The number of hydrogen-bond donors (Lipinski definition) is 0. The second kappa shape index (κ2) is 10.5. The predicted molar refractivity (Wildman–Crippen MR) is 139 cm³/mol. The lowest BCUT2D eigenvalue weighted by atomic mass is 9.93. The zero-order chi connectivity index (χ0) is 27.6. The van der Waals surface area contributed by atoms with E-state index in [9.17, 15) is 14.4 Å². The summed E-state index contributed by atoms with van der Waals surface area (Å²) in [5.74, 6) is 3.85. The number of halogens is 2. The van der Waals surface area contributed by atoms with Crippen LogP contribution in [0.5, 0.6) is 0 Å². The van der Waals surface area contributed by atoms with Gasteiger partial charge in [-0.25, -0.2) is 23.5 Å². The van der Waals surface area contributed by atoms with Crippen molar-refractivity contribution in [1.82, 2.24) is 14.5 Å². The molecule has 1 unspecified atom stereocenters. The maximum Gasteiger partial charge on any atom is 0.332 e. The first-order valence-corrected chi connectivity index (χ1v) is 11.9. The van der Waals surface area contributed by atoms with Gasteiger partial charge in [0, 0.05) is 44.5 Å². The van der Waals surface area contributed by atoms with Gasteiger partial charge in [-0.3, -0.25) is 4.79 Å². The fourth-order valence-electron chi connectivity index (χ4n) is 4.21. The van der Waals surface area contributed by atoms with Crippen LogP contribution in [0.4, 0.5) is 25.1 Å². The van der Waals surface area contributed by atoms with Crippen LogP contribution < -0.4 is 9.80 Å². The number of amides is 3. The Morgan fingerprint density at radius 3 is 2.32 bits per heavy atom. The summed E-state index contributed by atoms with van der Waals surface area (Å²) in [6.45, 7) is 3.56. The molecule has 196 valence electrons. The quantitative estimate of drug-likeness (QED) is 0.367. The number of anilines is 2. The molecule has 2 aromatic carbocycles. The highest BCUT2D eigenvalue weighted by Gasteiger charge is 2.48. The Hall–Kier alpha value is -4.52. The highest BCUT2D eigenvalue weighted by atomic mass is 19.1. The van der Waals surface area contributed by atoms with Crippen molar-refractivity contribution >= 4 is 29.7 Å². The SMILES string of the molecule is Cc1nc(N(C)CCN2C(=O)N(c3c(F)cc(C#Cc4ccccc4)cc3F)C(=O)CC2(C)C=O)cn1C. The van der Waals surface area contributed by atoms with Crippen LogP contribution in [0.2, 0.25) is 0 Å². The minimum Gasteiger partial charge on any atom is -0.357 e. The Balaban J connectivity index is 1.61. The van der Waals surface area contributed by atoms with Gasteiger partial charge in [0.1, 0.15) is 29.2 Å². The second-order valence-electron chi connectivity index (χ2n) is 9.40. The second-order valence-corrected chi connectivity index (χ2v) is 9.40. The third-order valence-corrected chi connectivity index (χ3v) is 6.56. The lowest BCUT2D eigenvalue weighted by molar-refractivity contribution is -0.128. The Kier molecular flexibility index (Phi) is 7.30. The van der Waals surface area contributed by atoms with Crippen LogP contribution >= 0.6 is 0 Å². The van der Waals surface area contributed by atoms with E-state index >= 15 is 8.78 Å². The van der Waals surface area contributed by atoms with Crippen molar-refractivity contribution in [2.24, 2.45) is 7.05 Å². The number of imide groups is 1. The summed E-state index contributed by atoms with van der Waals surface area (Å²) in [6.07, 6.45) is 1.90. The molecule has 1 saturated heterocycles. The molecule has 3 aromatic rings. The number of carbonyl (C=O) groups excluding carboxylic acids is 3. The molecule has 0 spiro atoms. The van der Waals surface area contributed by atoms with Crippen molar-refractivity contribution in [2.75, 3.05) is 29.9 Å². The van der Waals surface area contributed by atoms with Crippen LogP contribution in [0, 0.1) is 30.4 Å². The standard InChI is InChI=1S/C28H27F2N5O3/c1-19-31-24(17-33(19)4)32(3)12-13-34-27(38)35(25(37)16-28(34,2)18-36)26-22(29)14-21(15-23(26)30)11-10-20-8-6-5-7-9-20/h5-9,14-15,17-18H,12-13,16H2,1-4H3. The van der Waals surface area contributed by atoms with Crippen LogP contribution in [0.15, 0.2) is 48.7 Å². The number of benzene rings is 2. The van der Waals surface area contributed by atoms with Gasteiger partial charge in [-0.05, 0) is 38.1 Å². The van der Waals surface area contributed by atoms with E-state index in [4.69, 9.17) is 0 Å². The largest absolute Gasteiger partial charge is 0.357 e. The Labute approximate surface area is 219 Å². The van der Waals surface area contributed by atoms with Crippen LogP contribution in [-0.4, -0.2) is 58.4 Å². The van der Waals surface area contributed by atoms with E-state index in [1.165, 1.54) is 6.92 Å². The molecule has 0 saturated carbocycles. The van der Waals surface area contributed by atoms with Gasteiger partial charge in [-0.15, -0.1) is 0 Å². The van der Waals surface area contributed by atoms with E-state index in [0.29, 0.717) is 22.6 Å².